The zero-order valence-electron chi connectivity index (χ0n) is 11.1. The van der Waals surface area contributed by atoms with Crippen molar-refractivity contribution in [2.45, 2.75) is 19.4 Å². The third kappa shape index (κ3) is 2.82. The van der Waals surface area contributed by atoms with Gasteiger partial charge in [-0.25, -0.2) is 0 Å². The highest BCUT2D eigenvalue weighted by atomic mass is 16.2. The van der Waals surface area contributed by atoms with Crippen molar-refractivity contribution in [1.82, 2.24) is 10.6 Å². The molecule has 1 fully saturated rings. The first-order valence-electron chi connectivity index (χ1n) is 6.48. The van der Waals surface area contributed by atoms with Gasteiger partial charge in [-0.2, -0.15) is 0 Å². The lowest BCUT2D eigenvalue weighted by molar-refractivity contribution is -0.121. The molecule has 1 saturated heterocycles. The molecule has 4 heteroatoms. The zero-order chi connectivity index (χ0) is 13.0. The minimum Gasteiger partial charge on any atom is -0.358 e. The summed E-state index contributed by atoms with van der Waals surface area (Å²) < 4.78 is 0. The summed E-state index contributed by atoms with van der Waals surface area (Å²) in [7, 11) is 1.88. The number of carbonyl (C=O) groups excluding carboxylic acids is 1. The topological polar surface area (TPSA) is 44.4 Å². The molecule has 0 aliphatic carbocycles. The van der Waals surface area contributed by atoms with Gasteiger partial charge >= 0.3 is 0 Å². The molecule has 1 unspecified atom stereocenters. The Morgan fingerprint density at radius 2 is 2.11 bits per heavy atom. The van der Waals surface area contributed by atoms with E-state index in [0.717, 1.165) is 25.2 Å². The summed E-state index contributed by atoms with van der Waals surface area (Å²) in [6.45, 7) is 4.42. The lowest BCUT2D eigenvalue weighted by Crippen LogP contribution is -2.49. The molecule has 1 amide bonds. The molecule has 1 heterocycles. The Kier molecular flexibility index (Phi) is 4.20. The zero-order valence-corrected chi connectivity index (χ0v) is 11.1. The van der Waals surface area contributed by atoms with Gasteiger partial charge in [-0.05, 0) is 32.5 Å². The highest BCUT2D eigenvalue weighted by Gasteiger charge is 2.27. The van der Waals surface area contributed by atoms with E-state index in [9.17, 15) is 4.79 Å². The molecule has 0 radical (unpaired) electrons. The van der Waals surface area contributed by atoms with Gasteiger partial charge < -0.3 is 15.5 Å². The van der Waals surface area contributed by atoms with E-state index in [-0.39, 0.29) is 11.9 Å². The predicted octanol–water partition coefficient (Wildman–Crippen LogP) is 0.909. The fraction of sp³-hybridized carbons (Fsp3) is 0.500. The molecule has 18 heavy (non-hydrogen) atoms. The number of nitrogens with zero attached hydrogens (tertiary/aromatic N) is 1. The van der Waals surface area contributed by atoms with E-state index >= 15 is 0 Å². The van der Waals surface area contributed by atoms with Crippen LogP contribution in [0.4, 0.5) is 5.69 Å². The van der Waals surface area contributed by atoms with Crippen LogP contribution in [0.15, 0.2) is 24.3 Å². The molecular formula is C14H21N3O. The van der Waals surface area contributed by atoms with Gasteiger partial charge in [-0.3, -0.25) is 4.79 Å². The first-order chi connectivity index (χ1) is 8.72. The van der Waals surface area contributed by atoms with Crippen LogP contribution in [0, 0.1) is 6.92 Å². The van der Waals surface area contributed by atoms with Crippen molar-refractivity contribution in [3.63, 3.8) is 0 Å². The standard InChI is InChI=1S/C14H21N3O/c1-11-4-6-12(7-5-11)17-9-3-8-16-14(18)13(17)10-15-2/h4-7,13,15H,3,8-10H2,1-2H3,(H,16,18). The number of anilines is 1. The Hall–Kier alpha value is -1.55. The molecule has 0 saturated carbocycles. The van der Waals surface area contributed by atoms with Gasteiger partial charge in [-0.15, -0.1) is 0 Å². The van der Waals surface area contributed by atoms with Crippen LogP contribution in [0.2, 0.25) is 0 Å². The highest BCUT2D eigenvalue weighted by molar-refractivity contribution is 5.86. The molecule has 1 aromatic carbocycles. The lowest BCUT2D eigenvalue weighted by Gasteiger charge is -2.30. The van der Waals surface area contributed by atoms with Gasteiger partial charge in [0.1, 0.15) is 6.04 Å². The number of hydrogen-bond donors (Lipinski definition) is 2. The lowest BCUT2D eigenvalue weighted by atomic mass is 10.1. The van der Waals surface area contributed by atoms with Gasteiger partial charge in [0.15, 0.2) is 0 Å². The second-order valence-corrected chi connectivity index (χ2v) is 4.75. The molecule has 2 N–H and O–H groups in total. The number of aryl methyl sites for hydroxylation is 1. The van der Waals surface area contributed by atoms with Gasteiger partial charge in [0.2, 0.25) is 5.91 Å². The van der Waals surface area contributed by atoms with E-state index in [1.165, 1.54) is 5.56 Å². The van der Waals surface area contributed by atoms with E-state index in [1.54, 1.807) is 0 Å². The maximum absolute atomic E-state index is 12.1. The highest BCUT2D eigenvalue weighted by Crippen LogP contribution is 2.19. The van der Waals surface area contributed by atoms with Crippen LogP contribution in [0.25, 0.3) is 0 Å². The summed E-state index contributed by atoms with van der Waals surface area (Å²) in [4.78, 5) is 14.3. The van der Waals surface area contributed by atoms with E-state index in [0.29, 0.717) is 6.54 Å². The van der Waals surface area contributed by atoms with Crippen molar-refractivity contribution >= 4 is 11.6 Å². The number of rotatable bonds is 3. The molecule has 1 aliphatic rings. The number of hydrogen-bond acceptors (Lipinski definition) is 3. The Morgan fingerprint density at radius 1 is 1.39 bits per heavy atom. The fourth-order valence-electron chi connectivity index (χ4n) is 2.32. The van der Waals surface area contributed by atoms with Crippen molar-refractivity contribution < 1.29 is 4.79 Å². The average molecular weight is 247 g/mol. The van der Waals surface area contributed by atoms with Gasteiger partial charge in [-0.1, -0.05) is 17.7 Å². The monoisotopic (exact) mass is 247 g/mol. The molecule has 0 bridgehead atoms. The van der Waals surface area contributed by atoms with Crippen LogP contribution in [0.3, 0.4) is 0 Å². The van der Waals surface area contributed by atoms with E-state index < -0.39 is 0 Å². The Labute approximate surface area is 108 Å². The maximum Gasteiger partial charge on any atom is 0.244 e. The number of nitrogens with one attached hydrogen (secondary N) is 2. The van der Waals surface area contributed by atoms with Gasteiger partial charge in [0, 0.05) is 25.3 Å². The molecule has 0 aromatic heterocycles. The van der Waals surface area contributed by atoms with Crippen LogP contribution < -0.4 is 15.5 Å². The molecule has 98 valence electrons. The van der Waals surface area contributed by atoms with Crippen LogP contribution in [-0.4, -0.2) is 38.6 Å². The van der Waals surface area contributed by atoms with Crippen LogP contribution >= 0.6 is 0 Å². The molecule has 2 rings (SSSR count). The first kappa shape index (κ1) is 12.9. The predicted molar refractivity (Wildman–Crippen MR) is 73.9 cm³/mol. The number of carbonyl (C=O) groups is 1. The summed E-state index contributed by atoms with van der Waals surface area (Å²) in [5, 5.41) is 6.07. The van der Waals surface area contributed by atoms with Crippen molar-refractivity contribution in [2.75, 3.05) is 31.6 Å². The second-order valence-electron chi connectivity index (χ2n) is 4.75. The molecule has 4 nitrogen and oxygen atoms in total. The van der Waals surface area contributed by atoms with E-state index in [2.05, 4.69) is 46.7 Å². The van der Waals surface area contributed by atoms with Crippen molar-refractivity contribution in [3.05, 3.63) is 29.8 Å². The average Bonchev–Trinajstić information content (AvgIpc) is 2.54. The summed E-state index contributed by atoms with van der Waals surface area (Å²) in [6, 6.07) is 8.25. The van der Waals surface area contributed by atoms with Crippen molar-refractivity contribution in [2.24, 2.45) is 0 Å². The first-order valence-corrected chi connectivity index (χ1v) is 6.48. The number of amides is 1. The van der Waals surface area contributed by atoms with Crippen LogP contribution in [0.5, 0.6) is 0 Å². The normalized spacial score (nSPS) is 20.4. The number of likely N-dealkylation sites (N-methyl/N-ethyl adjacent to an activating group) is 1. The molecule has 1 atom stereocenters. The van der Waals surface area contributed by atoms with E-state index in [1.807, 2.05) is 7.05 Å². The molecule has 1 aliphatic heterocycles. The molecule has 1 aromatic rings. The Morgan fingerprint density at radius 3 is 2.78 bits per heavy atom. The van der Waals surface area contributed by atoms with Crippen molar-refractivity contribution in [1.29, 1.82) is 0 Å². The van der Waals surface area contributed by atoms with Gasteiger partial charge in [0.05, 0.1) is 0 Å². The van der Waals surface area contributed by atoms with Crippen LogP contribution in [-0.2, 0) is 4.79 Å². The minimum absolute atomic E-state index is 0.113. The van der Waals surface area contributed by atoms with E-state index in [4.69, 9.17) is 0 Å². The quantitative estimate of drug-likeness (QED) is 0.834. The fourth-order valence-corrected chi connectivity index (χ4v) is 2.32. The Balaban J connectivity index is 2.25. The summed E-state index contributed by atoms with van der Waals surface area (Å²) >= 11 is 0. The maximum atomic E-state index is 12.1. The van der Waals surface area contributed by atoms with Crippen molar-refractivity contribution in [3.8, 4) is 0 Å². The summed E-state index contributed by atoms with van der Waals surface area (Å²) in [5.74, 6) is 0.113. The Bertz CT molecular complexity index is 402. The number of benzene rings is 1. The second kappa shape index (κ2) is 5.87. The molecule has 0 spiro atoms. The third-order valence-corrected chi connectivity index (χ3v) is 3.32. The SMILES string of the molecule is CNCC1C(=O)NCCCN1c1ccc(C)cc1. The molecular weight excluding hydrogens is 226 g/mol. The largest absolute Gasteiger partial charge is 0.358 e. The van der Waals surface area contributed by atoms with Crippen LogP contribution in [0.1, 0.15) is 12.0 Å². The minimum atomic E-state index is -0.125. The summed E-state index contributed by atoms with van der Waals surface area (Å²) in [6.07, 6.45) is 0.986. The van der Waals surface area contributed by atoms with Gasteiger partial charge in [0.25, 0.3) is 0 Å². The summed E-state index contributed by atoms with van der Waals surface area (Å²) in [5.41, 5.74) is 2.36. The smallest absolute Gasteiger partial charge is 0.244 e. The third-order valence-electron chi connectivity index (χ3n) is 3.32.